The molecule has 2 fully saturated rings. The molecule has 1 aliphatic heterocycles. The summed E-state index contributed by atoms with van der Waals surface area (Å²) in [6.45, 7) is 3.11. The van der Waals surface area contributed by atoms with Crippen LogP contribution in [-0.2, 0) is 4.79 Å². The van der Waals surface area contributed by atoms with Gasteiger partial charge in [0.2, 0.25) is 5.91 Å². The largest absolute Gasteiger partial charge is 0.339 e. The topological polar surface area (TPSA) is 66.5 Å². The van der Waals surface area contributed by atoms with Gasteiger partial charge < -0.3 is 10.2 Å². The van der Waals surface area contributed by atoms with Gasteiger partial charge in [-0.05, 0) is 67.6 Å². The highest BCUT2D eigenvalue weighted by Gasteiger charge is 2.39. The number of nitrogens with one attached hydrogen (secondary N) is 1. The zero-order chi connectivity index (χ0) is 22.1. The van der Waals surface area contributed by atoms with E-state index >= 15 is 0 Å². The molecule has 0 bridgehead atoms. The van der Waals surface area contributed by atoms with Crippen molar-refractivity contribution >= 4 is 46.5 Å². The van der Waals surface area contributed by atoms with Crippen LogP contribution < -0.4 is 5.32 Å². The molecule has 5 nitrogen and oxygen atoms in total. The number of nitrogens with zero attached hydrogens (tertiary/aromatic N) is 1. The zero-order valence-corrected chi connectivity index (χ0v) is 18.7. The molecule has 1 aliphatic carbocycles. The zero-order valence-electron chi connectivity index (χ0n) is 17.2. The highest BCUT2D eigenvalue weighted by molar-refractivity contribution is 6.42. The molecule has 1 N–H and O–H groups in total. The van der Waals surface area contributed by atoms with Gasteiger partial charge in [0, 0.05) is 41.7 Å². The molecule has 2 aromatic carbocycles. The molecule has 1 saturated carbocycles. The van der Waals surface area contributed by atoms with Crippen molar-refractivity contribution in [2.24, 2.45) is 17.8 Å². The van der Waals surface area contributed by atoms with E-state index in [0.29, 0.717) is 58.7 Å². The SMILES string of the molecule is CC1CC1C(=O)Nc1ccc(C(=O)N2CCC(C(=O)c3ccc(Cl)c(Cl)c3)CC2)cc1. The van der Waals surface area contributed by atoms with Gasteiger partial charge in [-0.25, -0.2) is 0 Å². The number of hydrogen-bond donors (Lipinski definition) is 1. The summed E-state index contributed by atoms with van der Waals surface area (Å²) >= 11 is 12.0. The van der Waals surface area contributed by atoms with Crippen LogP contribution in [0, 0.1) is 17.8 Å². The summed E-state index contributed by atoms with van der Waals surface area (Å²) in [6.07, 6.45) is 2.16. The van der Waals surface area contributed by atoms with Crippen molar-refractivity contribution < 1.29 is 14.4 Å². The lowest BCUT2D eigenvalue weighted by Gasteiger charge is -2.31. The lowest BCUT2D eigenvalue weighted by molar-refractivity contribution is -0.117. The van der Waals surface area contributed by atoms with E-state index in [-0.39, 0.29) is 29.4 Å². The Labute approximate surface area is 191 Å². The standard InChI is InChI=1S/C24H24Cl2N2O3/c1-14-12-19(14)23(30)27-18-5-2-16(3-6-18)24(31)28-10-8-15(9-11-28)22(29)17-4-7-20(25)21(26)13-17/h2-7,13-15,19H,8-12H2,1H3,(H,27,30). The maximum Gasteiger partial charge on any atom is 0.253 e. The van der Waals surface area contributed by atoms with Crippen LogP contribution in [0.2, 0.25) is 10.0 Å². The van der Waals surface area contributed by atoms with Crippen LogP contribution in [0.15, 0.2) is 42.5 Å². The van der Waals surface area contributed by atoms with Gasteiger partial charge in [0.1, 0.15) is 0 Å². The molecule has 2 unspecified atom stereocenters. The second-order valence-corrected chi connectivity index (χ2v) is 9.26. The van der Waals surface area contributed by atoms with E-state index in [1.807, 2.05) is 0 Å². The number of carbonyl (C=O) groups excluding carboxylic acids is 3. The Hall–Kier alpha value is -2.37. The van der Waals surface area contributed by atoms with Crippen molar-refractivity contribution in [3.8, 4) is 0 Å². The van der Waals surface area contributed by atoms with Crippen molar-refractivity contribution in [2.45, 2.75) is 26.2 Å². The number of halogens is 2. The predicted octanol–water partition coefficient (Wildman–Crippen LogP) is 5.32. The molecular weight excluding hydrogens is 435 g/mol. The summed E-state index contributed by atoms with van der Waals surface area (Å²) in [5.41, 5.74) is 1.83. The van der Waals surface area contributed by atoms with Gasteiger partial charge in [0.15, 0.2) is 5.78 Å². The number of ketones is 1. The minimum Gasteiger partial charge on any atom is -0.339 e. The first-order valence-corrected chi connectivity index (χ1v) is 11.3. The van der Waals surface area contributed by atoms with Crippen LogP contribution in [0.1, 0.15) is 46.9 Å². The number of benzene rings is 2. The van der Waals surface area contributed by atoms with Crippen molar-refractivity contribution in [1.29, 1.82) is 0 Å². The molecule has 0 spiro atoms. The first-order chi connectivity index (χ1) is 14.8. The van der Waals surface area contributed by atoms with Gasteiger partial charge in [0.05, 0.1) is 10.0 Å². The molecule has 2 aliphatic rings. The second-order valence-electron chi connectivity index (χ2n) is 8.45. The summed E-state index contributed by atoms with van der Waals surface area (Å²) in [6, 6.07) is 11.9. The molecule has 31 heavy (non-hydrogen) atoms. The van der Waals surface area contributed by atoms with Crippen molar-refractivity contribution in [3.63, 3.8) is 0 Å². The quantitative estimate of drug-likeness (QED) is 0.616. The molecule has 0 aromatic heterocycles. The highest BCUT2D eigenvalue weighted by atomic mass is 35.5. The predicted molar refractivity (Wildman–Crippen MR) is 122 cm³/mol. The third kappa shape index (κ3) is 4.94. The average molecular weight is 459 g/mol. The molecular formula is C24H24Cl2N2O3. The van der Waals surface area contributed by atoms with Gasteiger partial charge in [-0.3, -0.25) is 14.4 Å². The smallest absolute Gasteiger partial charge is 0.253 e. The average Bonchev–Trinajstić information content (AvgIpc) is 3.52. The van der Waals surface area contributed by atoms with Crippen LogP contribution in [0.5, 0.6) is 0 Å². The lowest BCUT2D eigenvalue weighted by atomic mass is 9.88. The fraction of sp³-hybridized carbons (Fsp3) is 0.375. The fourth-order valence-electron chi connectivity index (χ4n) is 4.03. The molecule has 1 saturated heterocycles. The monoisotopic (exact) mass is 458 g/mol. The minimum absolute atomic E-state index is 0.0377. The van der Waals surface area contributed by atoms with Gasteiger partial charge in [-0.1, -0.05) is 30.1 Å². The van der Waals surface area contributed by atoms with E-state index in [1.165, 1.54) is 0 Å². The summed E-state index contributed by atoms with van der Waals surface area (Å²) in [7, 11) is 0. The third-order valence-electron chi connectivity index (χ3n) is 6.20. The number of Topliss-reactive ketones (excluding diaryl/α,β-unsaturated/α-hetero) is 1. The fourth-order valence-corrected chi connectivity index (χ4v) is 4.33. The number of amides is 2. The molecule has 162 valence electrons. The molecule has 0 radical (unpaired) electrons. The molecule has 2 atom stereocenters. The third-order valence-corrected chi connectivity index (χ3v) is 6.94. The Morgan fingerprint density at radius 2 is 1.55 bits per heavy atom. The maximum atomic E-state index is 12.8. The molecule has 1 heterocycles. The summed E-state index contributed by atoms with van der Waals surface area (Å²) in [4.78, 5) is 39.4. The van der Waals surface area contributed by atoms with Crippen LogP contribution in [0.4, 0.5) is 5.69 Å². The Kier molecular flexibility index (Phi) is 6.35. The summed E-state index contributed by atoms with van der Waals surface area (Å²) in [5.74, 6) is 0.440. The summed E-state index contributed by atoms with van der Waals surface area (Å²) in [5, 5.41) is 3.69. The Bertz CT molecular complexity index is 1010. The van der Waals surface area contributed by atoms with E-state index in [0.717, 1.165) is 6.42 Å². The lowest BCUT2D eigenvalue weighted by Crippen LogP contribution is -2.40. The van der Waals surface area contributed by atoms with E-state index in [1.54, 1.807) is 47.4 Å². The van der Waals surface area contributed by atoms with Crippen LogP contribution in [0.25, 0.3) is 0 Å². The number of anilines is 1. The van der Waals surface area contributed by atoms with E-state index in [9.17, 15) is 14.4 Å². The normalized spacial score (nSPS) is 20.9. The molecule has 7 heteroatoms. The molecule has 2 aromatic rings. The Balaban J connectivity index is 1.32. The highest BCUT2D eigenvalue weighted by Crippen LogP contribution is 2.38. The van der Waals surface area contributed by atoms with E-state index < -0.39 is 0 Å². The van der Waals surface area contributed by atoms with Crippen LogP contribution in [0.3, 0.4) is 0 Å². The minimum atomic E-state index is -0.135. The number of rotatable bonds is 5. The first kappa shape index (κ1) is 21.8. The van der Waals surface area contributed by atoms with E-state index in [4.69, 9.17) is 23.2 Å². The molecule has 4 rings (SSSR count). The van der Waals surface area contributed by atoms with Crippen molar-refractivity contribution in [3.05, 3.63) is 63.6 Å². The first-order valence-electron chi connectivity index (χ1n) is 10.5. The number of likely N-dealkylation sites (tertiary alicyclic amines) is 1. The van der Waals surface area contributed by atoms with Gasteiger partial charge in [0.25, 0.3) is 5.91 Å². The Morgan fingerprint density at radius 1 is 0.935 bits per heavy atom. The van der Waals surface area contributed by atoms with Gasteiger partial charge >= 0.3 is 0 Å². The molecule has 2 amide bonds. The number of carbonyl (C=O) groups is 3. The van der Waals surface area contributed by atoms with Crippen LogP contribution in [-0.4, -0.2) is 35.6 Å². The number of piperidine rings is 1. The van der Waals surface area contributed by atoms with Crippen molar-refractivity contribution in [1.82, 2.24) is 4.90 Å². The van der Waals surface area contributed by atoms with Crippen LogP contribution >= 0.6 is 23.2 Å². The Morgan fingerprint density at radius 3 is 2.13 bits per heavy atom. The summed E-state index contributed by atoms with van der Waals surface area (Å²) < 4.78 is 0. The van der Waals surface area contributed by atoms with Gasteiger partial charge in [-0.2, -0.15) is 0 Å². The van der Waals surface area contributed by atoms with E-state index in [2.05, 4.69) is 12.2 Å². The van der Waals surface area contributed by atoms with Crippen molar-refractivity contribution in [2.75, 3.05) is 18.4 Å². The van der Waals surface area contributed by atoms with Gasteiger partial charge in [-0.15, -0.1) is 0 Å². The number of hydrogen-bond acceptors (Lipinski definition) is 3. The second kappa shape index (κ2) is 9.01. The maximum absolute atomic E-state index is 12.8.